The zero-order valence-electron chi connectivity index (χ0n) is 9.99. The van der Waals surface area contributed by atoms with Crippen LogP contribution in [0.2, 0.25) is 15.1 Å². The van der Waals surface area contributed by atoms with E-state index in [0.717, 1.165) is 0 Å². The summed E-state index contributed by atoms with van der Waals surface area (Å²) in [5.41, 5.74) is 1.84. The van der Waals surface area contributed by atoms with Gasteiger partial charge in [0.05, 0.1) is 5.69 Å². The molecule has 0 heterocycles. The predicted molar refractivity (Wildman–Crippen MR) is 81.6 cm³/mol. The van der Waals surface area contributed by atoms with Gasteiger partial charge in [-0.15, -0.1) is 0 Å². The summed E-state index contributed by atoms with van der Waals surface area (Å²) in [6.07, 6.45) is 1.52. The average molecular weight is 315 g/mol. The molecule has 2 rings (SSSR count). The molecule has 19 heavy (non-hydrogen) atoms. The fourth-order valence-corrected chi connectivity index (χ4v) is 2.41. The minimum absolute atomic E-state index is 0.154. The number of hydrogen-bond donors (Lipinski definition) is 1. The lowest BCUT2D eigenvalue weighted by Gasteiger charge is -2.04. The molecule has 0 aliphatic carbocycles. The van der Waals surface area contributed by atoms with E-state index in [0.29, 0.717) is 31.9 Å². The second kappa shape index (κ2) is 5.83. The third-order valence-electron chi connectivity index (χ3n) is 2.49. The molecule has 2 nitrogen and oxygen atoms in total. The molecule has 0 amide bonds. The van der Waals surface area contributed by atoms with Crippen molar-refractivity contribution in [2.45, 2.75) is 6.92 Å². The van der Waals surface area contributed by atoms with Gasteiger partial charge >= 0.3 is 0 Å². The molecule has 0 aliphatic rings. The molecule has 0 unspecified atom stereocenters. The predicted octanol–water partition coefficient (Wildman–Crippen LogP) is 5.41. The Balaban J connectivity index is 2.37. The molecule has 1 N–H and O–H groups in total. The van der Waals surface area contributed by atoms with E-state index in [1.165, 1.54) is 6.21 Å². The highest BCUT2D eigenvalue weighted by Crippen LogP contribution is 2.27. The van der Waals surface area contributed by atoms with Crippen LogP contribution < -0.4 is 0 Å². The van der Waals surface area contributed by atoms with Gasteiger partial charge in [-0.3, -0.25) is 4.99 Å². The van der Waals surface area contributed by atoms with Crippen LogP contribution in [0.5, 0.6) is 5.75 Å². The van der Waals surface area contributed by atoms with Crippen molar-refractivity contribution in [1.82, 2.24) is 0 Å². The largest absolute Gasteiger partial charge is 0.507 e. The Labute approximate surface area is 126 Å². The van der Waals surface area contributed by atoms with Crippen LogP contribution in [0.4, 0.5) is 5.69 Å². The van der Waals surface area contributed by atoms with E-state index in [4.69, 9.17) is 34.8 Å². The van der Waals surface area contributed by atoms with Gasteiger partial charge in [0.25, 0.3) is 0 Å². The average Bonchev–Trinajstić information content (AvgIpc) is 2.30. The Kier molecular flexibility index (Phi) is 4.35. The second-order valence-electron chi connectivity index (χ2n) is 4.05. The zero-order valence-corrected chi connectivity index (χ0v) is 12.3. The zero-order chi connectivity index (χ0) is 14.0. The van der Waals surface area contributed by atoms with Crippen molar-refractivity contribution in [3.05, 3.63) is 56.5 Å². The number of nitrogens with zero attached hydrogens (tertiary/aromatic N) is 1. The van der Waals surface area contributed by atoms with Gasteiger partial charge in [-0.05, 0) is 42.8 Å². The molecule has 0 aliphatic heterocycles. The minimum Gasteiger partial charge on any atom is -0.507 e. The molecule has 0 bridgehead atoms. The Morgan fingerprint density at radius 1 is 0.947 bits per heavy atom. The number of rotatable bonds is 2. The Bertz CT molecular complexity index is 633. The fraction of sp³-hybridized carbons (Fsp3) is 0.0714. The third kappa shape index (κ3) is 3.63. The number of hydrogen-bond acceptors (Lipinski definition) is 2. The molecule has 0 saturated heterocycles. The summed E-state index contributed by atoms with van der Waals surface area (Å²) in [4.78, 5) is 4.23. The molecule has 0 spiro atoms. The van der Waals surface area contributed by atoms with Gasteiger partial charge in [0, 0.05) is 26.8 Å². The van der Waals surface area contributed by atoms with Gasteiger partial charge in [0.1, 0.15) is 5.75 Å². The van der Waals surface area contributed by atoms with E-state index in [9.17, 15) is 5.11 Å². The first-order valence-electron chi connectivity index (χ1n) is 5.45. The maximum Gasteiger partial charge on any atom is 0.127 e. The van der Waals surface area contributed by atoms with Gasteiger partial charge in [-0.25, -0.2) is 0 Å². The van der Waals surface area contributed by atoms with E-state index in [2.05, 4.69) is 4.99 Å². The first-order valence-corrected chi connectivity index (χ1v) is 6.58. The van der Waals surface area contributed by atoms with E-state index in [1.54, 1.807) is 37.3 Å². The Hall–Kier alpha value is -1.22. The molecule has 2 aromatic carbocycles. The van der Waals surface area contributed by atoms with Crippen LogP contribution in [0.25, 0.3) is 0 Å². The summed E-state index contributed by atoms with van der Waals surface area (Å²) in [6.45, 7) is 1.77. The SMILES string of the molecule is Cc1cc(Cl)cc(C=Nc2cc(Cl)cc(Cl)c2)c1O. The molecular formula is C14H10Cl3NO. The van der Waals surface area contributed by atoms with Gasteiger partial charge in [-0.2, -0.15) is 0 Å². The van der Waals surface area contributed by atoms with Crippen LogP contribution in [0.3, 0.4) is 0 Å². The van der Waals surface area contributed by atoms with Crippen LogP contribution in [0, 0.1) is 6.92 Å². The van der Waals surface area contributed by atoms with Gasteiger partial charge in [0.15, 0.2) is 0 Å². The molecule has 0 atom stereocenters. The molecule has 0 fully saturated rings. The van der Waals surface area contributed by atoms with Gasteiger partial charge in [0.2, 0.25) is 0 Å². The summed E-state index contributed by atoms with van der Waals surface area (Å²) in [5.74, 6) is 0.154. The number of aliphatic imine (C=N–C) groups is 1. The fourth-order valence-electron chi connectivity index (χ4n) is 1.62. The first kappa shape index (κ1) is 14.2. The minimum atomic E-state index is 0.154. The van der Waals surface area contributed by atoms with Crippen LogP contribution >= 0.6 is 34.8 Å². The lowest BCUT2D eigenvalue weighted by Crippen LogP contribution is -1.86. The molecule has 0 saturated carbocycles. The van der Waals surface area contributed by atoms with Crippen LogP contribution in [0.1, 0.15) is 11.1 Å². The van der Waals surface area contributed by atoms with Crippen LogP contribution in [0.15, 0.2) is 35.3 Å². The normalized spacial score (nSPS) is 11.2. The smallest absolute Gasteiger partial charge is 0.127 e. The monoisotopic (exact) mass is 313 g/mol. The maximum atomic E-state index is 9.91. The summed E-state index contributed by atoms with van der Waals surface area (Å²) in [6, 6.07) is 8.31. The number of benzene rings is 2. The molecule has 2 aromatic rings. The van der Waals surface area contributed by atoms with E-state index < -0.39 is 0 Å². The number of aryl methyl sites for hydroxylation is 1. The van der Waals surface area contributed by atoms with Crippen molar-refractivity contribution in [3.63, 3.8) is 0 Å². The number of aromatic hydroxyl groups is 1. The highest BCUT2D eigenvalue weighted by atomic mass is 35.5. The Morgan fingerprint density at radius 3 is 2.16 bits per heavy atom. The van der Waals surface area contributed by atoms with E-state index in [-0.39, 0.29) is 5.75 Å². The Morgan fingerprint density at radius 2 is 1.53 bits per heavy atom. The van der Waals surface area contributed by atoms with Crippen molar-refractivity contribution >= 4 is 46.7 Å². The van der Waals surface area contributed by atoms with E-state index >= 15 is 0 Å². The standard InChI is InChI=1S/C14H10Cl3NO/c1-8-2-10(15)3-9(14(8)19)7-18-13-5-11(16)4-12(17)6-13/h2-7,19H,1H3. The summed E-state index contributed by atoms with van der Waals surface area (Å²) < 4.78 is 0. The summed E-state index contributed by atoms with van der Waals surface area (Å²) in [7, 11) is 0. The summed E-state index contributed by atoms with van der Waals surface area (Å²) >= 11 is 17.7. The topological polar surface area (TPSA) is 32.6 Å². The third-order valence-corrected chi connectivity index (χ3v) is 3.15. The van der Waals surface area contributed by atoms with Crippen LogP contribution in [-0.4, -0.2) is 11.3 Å². The number of phenols is 1. The first-order chi connectivity index (χ1) is 8.95. The second-order valence-corrected chi connectivity index (χ2v) is 5.36. The highest BCUT2D eigenvalue weighted by molar-refractivity contribution is 6.35. The molecule has 0 aromatic heterocycles. The summed E-state index contributed by atoms with van der Waals surface area (Å²) in [5, 5.41) is 11.5. The quantitative estimate of drug-likeness (QED) is 0.738. The molecular weight excluding hydrogens is 305 g/mol. The van der Waals surface area contributed by atoms with Gasteiger partial charge < -0.3 is 5.11 Å². The number of phenolic OH excluding ortho intramolecular Hbond substituents is 1. The molecule has 0 radical (unpaired) electrons. The van der Waals surface area contributed by atoms with Crippen molar-refractivity contribution in [2.75, 3.05) is 0 Å². The lowest BCUT2D eigenvalue weighted by atomic mass is 10.1. The lowest BCUT2D eigenvalue weighted by molar-refractivity contribution is 0.470. The van der Waals surface area contributed by atoms with Crippen molar-refractivity contribution in [3.8, 4) is 5.75 Å². The molecule has 98 valence electrons. The maximum absolute atomic E-state index is 9.91. The van der Waals surface area contributed by atoms with Crippen LogP contribution in [-0.2, 0) is 0 Å². The van der Waals surface area contributed by atoms with Crippen molar-refractivity contribution < 1.29 is 5.11 Å². The number of halogens is 3. The van der Waals surface area contributed by atoms with Crippen molar-refractivity contribution in [2.24, 2.45) is 4.99 Å². The van der Waals surface area contributed by atoms with Gasteiger partial charge in [-0.1, -0.05) is 34.8 Å². The molecule has 5 heteroatoms. The van der Waals surface area contributed by atoms with E-state index in [1.807, 2.05) is 0 Å². The highest BCUT2D eigenvalue weighted by Gasteiger charge is 2.04. The van der Waals surface area contributed by atoms with Crippen molar-refractivity contribution in [1.29, 1.82) is 0 Å².